The molecule has 5 heteroatoms. The number of anilines is 1. The van der Waals surface area contributed by atoms with Crippen LogP contribution in [0.2, 0.25) is 0 Å². The molecule has 1 rings (SSSR count). The Kier molecular flexibility index (Phi) is 4.98. The molecule has 0 spiro atoms. The maximum absolute atomic E-state index is 4.83. The number of hydrogen-bond acceptors (Lipinski definition) is 5. The van der Waals surface area contributed by atoms with Crippen molar-refractivity contribution in [1.82, 2.24) is 9.97 Å². The van der Waals surface area contributed by atoms with E-state index >= 15 is 0 Å². The van der Waals surface area contributed by atoms with Gasteiger partial charge in [-0.1, -0.05) is 5.16 Å². The van der Waals surface area contributed by atoms with E-state index in [1.54, 1.807) is 19.2 Å². The van der Waals surface area contributed by atoms with Crippen LogP contribution < -0.4 is 4.90 Å². The summed E-state index contributed by atoms with van der Waals surface area (Å²) in [6, 6.07) is 1.89. The molecule has 1 aromatic rings. The molecule has 1 aromatic heterocycles. The van der Waals surface area contributed by atoms with Crippen LogP contribution in [0.4, 0.5) is 5.82 Å². The summed E-state index contributed by atoms with van der Waals surface area (Å²) in [6.45, 7) is 4.75. The molecule has 0 aromatic carbocycles. The molecule has 1 heterocycles. The second-order valence-corrected chi connectivity index (χ2v) is 3.09. The zero-order valence-electron chi connectivity index (χ0n) is 9.79. The summed E-state index contributed by atoms with van der Waals surface area (Å²) in [5, 5.41) is 3.59. The predicted molar refractivity (Wildman–Crippen MR) is 65.3 cm³/mol. The Bertz CT molecular complexity index is 376. The molecule has 0 saturated heterocycles. The molecule has 0 aliphatic rings. The lowest BCUT2D eigenvalue weighted by molar-refractivity contribution is 0.273. The fraction of sp³-hybridized carbons (Fsp3) is 0.364. The molecule has 0 atom stereocenters. The maximum Gasteiger partial charge on any atom is 0.132 e. The van der Waals surface area contributed by atoms with Gasteiger partial charge in [-0.15, -0.1) is 0 Å². The minimum Gasteiger partial charge on any atom is -0.365 e. The van der Waals surface area contributed by atoms with Crippen molar-refractivity contribution in [2.24, 2.45) is 5.16 Å². The van der Waals surface area contributed by atoms with Gasteiger partial charge in [-0.25, -0.2) is 9.97 Å². The number of aromatic nitrogens is 2. The number of rotatable bonds is 5. The van der Waals surface area contributed by atoms with Gasteiger partial charge in [-0.05, 0) is 13.8 Å². The quantitative estimate of drug-likeness (QED) is 0.432. The van der Waals surface area contributed by atoms with Crippen LogP contribution in [0.1, 0.15) is 19.5 Å². The van der Waals surface area contributed by atoms with Gasteiger partial charge >= 0.3 is 0 Å². The largest absolute Gasteiger partial charge is 0.365 e. The SMILES string of the molecule is C/C=N/O/C=C/c1cc(N(C)CC)ncn1. The van der Waals surface area contributed by atoms with Crippen molar-refractivity contribution in [3.63, 3.8) is 0 Å². The molecule has 16 heavy (non-hydrogen) atoms. The molecule has 0 fully saturated rings. The molecule has 0 radical (unpaired) electrons. The molecule has 0 saturated carbocycles. The number of oxime groups is 1. The van der Waals surface area contributed by atoms with Crippen LogP contribution in [0.5, 0.6) is 0 Å². The van der Waals surface area contributed by atoms with Crippen LogP contribution in [0.3, 0.4) is 0 Å². The average molecular weight is 220 g/mol. The smallest absolute Gasteiger partial charge is 0.132 e. The summed E-state index contributed by atoms with van der Waals surface area (Å²) >= 11 is 0. The number of nitrogens with zero attached hydrogens (tertiary/aromatic N) is 4. The third-order valence-corrected chi connectivity index (χ3v) is 2.01. The van der Waals surface area contributed by atoms with Gasteiger partial charge in [0.05, 0.1) is 5.69 Å². The Balaban J connectivity index is 2.70. The van der Waals surface area contributed by atoms with Gasteiger partial charge < -0.3 is 9.74 Å². The van der Waals surface area contributed by atoms with Gasteiger partial charge in [0.2, 0.25) is 0 Å². The summed E-state index contributed by atoms with van der Waals surface area (Å²) in [7, 11) is 1.98. The summed E-state index contributed by atoms with van der Waals surface area (Å²) in [5.74, 6) is 0.885. The zero-order valence-corrected chi connectivity index (χ0v) is 9.79. The minimum absolute atomic E-state index is 0.789. The molecule has 86 valence electrons. The molecular weight excluding hydrogens is 204 g/mol. The lowest BCUT2D eigenvalue weighted by Crippen LogP contribution is -2.17. The van der Waals surface area contributed by atoms with Crippen molar-refractivity contribution >= 4 is 18.1 Å². The van der Waals surface area contributed by atoms with E-state index in [9.17, 15) is 0 Å². The van der Waals surface area contributed by atoms with Crippen LogP contribution in [0, 0.1) is 0 Å². The van der Waals surface area contributed by atoms with Crippen LogP contribution in [-0.4, -0.2) is 29.8 Å². The first kappa shape index (κ1) is 12.2. The second-order valence-electron chi connectivity index (χ2n) is 3.09. The molecule has 0 bridgehead atoms. The van der Waals surface area contributed by atoms with Crippen molar-refractivity contribution in [2.45, 2.75) is 13.8 Å². The van der Waals surface area contributed by atoms with Crippen molar-refractivity contribution in [3.8, 4) is 0 Å². The van der Waals surface area contributed by atoms with Gasteiger partial charge in [0, 0.05) is 31.9 Å². The third-order valence-electron chi connectivity index (χ3n) is 2.01. The fourth-order valence-electron chi connectivity index (χ4n) is 1.02. The standard InChI is InChI=1S/C11H16N4O/c1-4-14-16-7-6-10-8-11(13-9-12-10)15(3)5-2/h4,6-9H,5H2,1-3H3/b7-6+,14-4+. The van der Waals surface area contributed by atoms with E-state index in [4.69, 9.17) is 4.84 Å². The van der Waals surface area contributed by atoms with E-state index in [0.29, 0.717) is 0 Å². The summed E-state index contributed by atoms with van der Waals surface area (Å²) < 4.78 is 0. The summed E-state index contributed by atoms with van der Waals surface area (Å²) in [4.78, 5) is 15.1. The first-order valence-corrected chi connectivity index (χ1v) is 5.11. The highest BCUT2D eigenvalue weighted by atomic mass is 16.6. The lowest BCUT2D eigenvalue weighted by atomic mass is 10.3. The van der Waals surface area contributed by atoms with Crippen molar-refractivity contribution in [3.05, 3.63) is 24.3 Å². The van der Waals surface area contributed by atoms with E-state index in [0.717, 1.165) is 18.1 Å². The van der Waals surface area contributed by atoms with Crippen LogP contribution in [0.25, 0.3) is 6.08 Å². The first-order valence-electron chi connectivity index (χ1n) is 5.11. The van der Waals surface area contributed by atoms with Crippen molar-refractivity contribution < 1.29 is 4.84 Å². The van der Waals surface area contributed by atoms with E-state index in [1.165, 1.54) is 12.6 Å². The monoisotopic (exact) mass is 220 g/mol. The van der Waals surface area contributed by atoms with E-state index in [2.05, 4.69) is 22.0 Å². The summed E-state index contributed by atoms with van der Waals surface area (Å²) in [5.41, 5.74) is 0.789. The van der Waals surface area contributed by atoms with Gasteiger partial charge in [0.15, 0.2) is 0 Å². The van der Waals surface area contributed by atoms with Crippen LogP contribution >= 0.6 is 0 Å². The predicted octanol–water partition coefficient (Wildman–Crippen LogP) is 1.93. The second kappa shape index (κ2) is 6.55. The van der Waals surface area contributed by atoms with Gasteiger partial charge in [0.25, 0.3) is 0 Å². The van der Waals surface area contributed by atoms with Crippen molar-refractivity contribution in [2.75, 3.05) is 18.5 Å². The zero-order chi connectivity index (χ0) is 11.8. The van der Waals surface area contributed by atoms with Gasteiger partial charge in [0.1, 0.15) is 18.4 Å². The average Bonchev–Trinajstić information content (AvgIpc) is 2.34. The maximum atomic E-state index is 4.83. The highest BCUT2D eigenvalue weighted by Gasteiger charge is 1.99. The molecule has 5 nitrogen and oxygen atoms in total. The normalized spacial score (nSPS) is 11.2. The molecule has 0 unspecified atom stereocenters. The molecular formula is C11H16N4O. The van der Waals surface area contributed by atoms with Crippen LogP contribution in [-0.2, 0) is 4.84 Å². The highest BCUT2D eigenvalue weighted by Crippen LogP contribution is 2.09. The Morgan fingerprint density at radius 3 is 3.00 bits per heavy atom. The van der Waals surface area contributed by atoms with Gasteiger partial charge in [-0.2, -0.15) is 0 Å². The Morgan fingerprint density at radius 2 is 2.31 bits per heavy atom. The summed E-state index contributed by atoms with van der Waals surface area (Å²) in [6.07, 6.45) is 6.32. The van der Waals surface area contributed by atoms with Crippen molar-refractivity contribution in [1.29, 1.82) is 0 Å². The molecule has 0 aliphatic carbocycles. The molecule has 0 N–H and O–H groups in total. The van der Waals surface area contributed by atoms with Crippen LogP contribution in [0.15, 0.2) is 23.8 Å². The molecule has 0 amide bonds. The van der Waals surface area contributed by atoms with E-state index < -0.39 is 0 Å². The first-order chi connectivity index (χ1) is 7.77. The number of hydrogen-bond donors (Lipinski definition) is 0. The Morgan fingerprint density at radius 1 is 1.50 bits per heavy atom. The van der Waals surface area contributed by atoms with Gasteiger partial charge in [-0.3, -0.25) is 0 Å². The molecule has 0 aliphatic heterocycles. The third kappa shape index (κ3) is 3.68. The fourth-order valence-corrected chi connectivity index (χ4v) is 1.02. The highest BCUT2D eigenvalue weighted by molar-refractivity contribution is 5.52. The lowest BCUT2D eigenvalue weighted by Gasteiger charge is -2.14. The van der Waals surface area contributed by atoms with E-state index in [1.807, 2.05) is 18.0 Å². The minimum atomic E-state index is 0.789. The Labute approximate surface area is 95.5 Å². The van der Waals surface area contributed by atoms with E-state index in [-0.39, 0.29) is 0 Å². The topological polar surface area (TPSA) is 50.6 Å². The Hall–Kier alpha value is -1.91.